The average molecular weight is 299 g/mol. The minimum atomic E-state index is 0.538. The van der Waals surface area contributed by atoms with Gasteiger partial charge < -0.3 is 4.52 Å². The van der Waals surface area contributed by atoms with Crippen LogP contribution in [0.2, 0.25) is 0 Å². The monoisotopic (exact) mass is 299 g/mol. The summed E-state index contributed by atoms with van der Waals surface area (Å²) in [5.41, 5.74) is 2.35. The Hall–Kier alpha value is -1.68. The molecule has 0 aliphatic carbocycles. The van der Waals surface area contributed by atoms with Crippen molar-refractivity contribution in [2.45, 2.75) is 46.1 Å². The van der Waals surface area contributed by atoms with Gasteiger partial charge in [0.1, 0.15) is 0 Å². The molecule has 0 N–H and O–H groups in total. The van der Waals surface area contributed by atoms with E-state index in [2.05, 4.69) is 60.1 Å². The summed E-state index contributed by atoms with van der Waals surface area (Å²) in [5.74, 6) is 2.79. The Bertz CT molecular complexity index is 595. The van der Waals surface area contributed by atoms with Crippen molar-refractivity contribution in [3.63, 3.8) is 0 Å². The molecule has 0 atom stereocenters. The van der Waals surface area contributed by atoms with E-state index in [1.807, 2.05) is 0 Å². The molecule has 4 nitrogen and oxygen atoms in total. The molecule has 3 rings (SSSR count). The first-order valence-corrected chi connectivity index (χ1v) is 8.27. The summed E-state index contributed by atoms with van der Waals surface area (Å²) in [6.07, 6.45) is 2.52. The quantitative estimate of drug-likeness (QED) is 0.852. The molecule has 1 aromatic heterocycles. The standard InChI is InChI=1S/C18H25N3O/c1-13(2)15-4-6-16(7-5-15)18-19-17(22-20-18)12-21-10-8-14(3)9-11-21/h4-7,13-14H,8-12H2,1-3H3. The summed E-state index contributed by atoms with van der Waals surface area (Å²) in [7, 11) is 0. The molecule has 2 aromatic rings. The minimum absolute atomic E-state index is 0.538. The lowest BCUT2D eigenvalue weighted by atomic mass is 9.99. The van der Waals surface area contributed by atoms with Crippen molar-refractivity contribution in [3.05, 3.63) is 35.7 Å². The Balaban J connectivity index is 1.65. The molecular weight excluding hydrogens is 274 g/mol. The zero-order valence-corrected chi connectivity index (χ0v) is 13.7. The van der Waals surface area contributed by atoms with Gasteiger partial charge in [0.15, 0.2) is 0 Å². The van der Waals surface area contributed by atoms with Crippen molar-refractivity contribution >= 4 is 0 Å². The number of rotatable bonds is 4. The first-order valence-electron chi connectivity index (χ1n) is 8.27. The molecule has 0 unspecified atom stereocenters. The highest BCUT2D eigenvalue weighted by atomic mass is 16.5. The fourth-order valence-corrected chi connectivity index (χ4v) is 2.86. The van der Waals surface area contributed by atoms with Gasteiger partial charge in [0.2, 0.25) is 11.7 Å². The predicted molar refractivity (Wildman–Crippen MR) is 87.5 cm³/mol. The number of benzene rings is 1. The van der Waals surface area contributed by atoms with Crippen LogP contribution >= 0.6 is 0 Å². The molecule has 1 aliphatic rings. The van der Waals surface area contributed by atoms with Gasteiger partial charge >= 0.3 is 0 Å². The summed E-state index contributed by atoms with van der Waals surface area (Å²) in [6.45, 7) is 9.73. The molecule has 0 radical (unpaired) electrons. The number of likely N-dealkylation sites (tertiary alicyclic amines) is 1. The van der Waals surface area contributed by atoms with E-state index in [1.165, 1.54) is 18.4 Å². The second kappa shape index (κ2) is 6.61. The predicted octanol–water partition coefficient (Wildman–Crippen LogP) is 4.09. The van der Waals surface area contributed by atoms with Gasteiger partial charge in [0, 0.05) is 5.56 Å². The van der Waals surface area contributed by atoms with E-state index in [0.29, 0.717) is 11.7 Å². The summed E-state index contributed by atoms with van der Waals surface area (Å²) in [4.78, 5) is 6.95. The van der Waals surface area contributed by atoms with Gasteiger partial charge in [0.05, 0.1) is 6.54 Å². The largest absolute Gasteiger partial charge is 0.338 e. The number of hydrogen-bond acceptors (Lipinski definition) is 4. The minimum Gasteiger partial charge on any atom is -0.338 e. The number of aromatic nitrogens is 2. The van der Waals surface area contributed by atoms with Gasteiger partial charge in [0.25, 0.3) is 0 Å². The lowest BCUT2D eigenvalue weighted by Gasteiger charge is -2.28. The maximum Gasteiger partial charge on any atom is 0.241 e. The van der Waals surface area contributed by atoms with Crippen LogP contribution < -0.4 is 0 Å². The molecule has 1 saturated heterocycles. The molecule has 1 fully saturated rings. The first-order chi connectivity index (χ1) is 10.6. The lowest BCUT2D eigenvalue weighted by molar-refractivity contribution is 0.165. The normalized spacial score (nSPS) is 17.3. The van der Waals surface area contributed by atoms with Gasteiger partial charge in [-0.25, -0.2) is 0 Å². The highest BCUT2D eigenvalue weighted by Gasteiger charge is 2.18. The third-order valence-electron chi connectivity index (χ3n) is 4.54. The van der Waals surface area contributed by atoms with Crippen LogP contribution in [0.5, 0.6) is 0 Å². The number of nitrogens with zero attached hydrogens (tertiary/aromatic N) is 3. The summed E-state index contributed by atoms with van der Waals surface area (Å²) >= 11 is 0. The van der Waals surface area contributed by atoms with Crippen LogP contribution in [0, 0.1) is 5.92 Å². The number of hydrogen-bond donors (Lipinski definition) is 0. The molecule has 0 saturated carbocycles. The highest BCUT2D eigenvalue weighted by molar-refractivity contribution is 5.54. The van der Waals surface area contributed by atoms with E-state index in [1.54, 1.807) is 0 Å². The fraction of sp³-hybridized carbons (Fsp3) is 0.556. The Morgan fingerprint density at radius 1 is 1.18 bits per heavy atom. The second-order valence-corrected chi connectivity index (χ2v) is 6.75. The van der Waals surface area contributed by atoms with Crippen LogP contribution in [0.4, 0.5) is 0 Å². The fourth-order valence-electron chi connectivity index (χ4n) is 2.86. The number of piperidine rings is 1. The topological polar surface area (TPSA) is 42.2 Å². The second-order valence-electron chi connectivity index (χ2n) is 6.75. The van der Waals surface area contributed by atoms with Crippen LogP contribution in [-0.2, 0) is 6.54 Å². The Morgan fingerprint density at radius 3 is 2.50 bits per heavy atom. The Morgan fingerprint density at radius 2 is 1.86 bits per heavy atom. The van der Waals surface area contributed by atoms with Crippen LogP contribution in [0.15, 0.2) is 28.8 Å². The molecule has 118 valence electrons. The van der Waals surface area contributed by atoms with Gasteiger partial charge in [-0.1, -0.05) is 50.2 Å². The van der Waals surface area contributed by atoms with Gasteiger partial charge in [-0.2, -0.15) is 4.98 Å². The summed E-state index contributed by atoms with van der Waals surface area (Å²) in [6, 6.07) is 8.43. The van der Waals surface area contributed by atoms with E-state index < -0.39 is 0 Å². The van der Waals surface area contributed by atoms with Crippen molar-refractivity contribution in [1.29, 1.82) is 0 Å². The van der Waals surface area contributed by atoms with Crippen LogP contribution in [-0.4, -0.2) is 28.1 Å². The molecule has 4 heteroatoms. The maximum atomic E-state index is 5.42. The van der Waals surface area contributed by atoms with Crippen molar-refractivity contribution in [2.24, 2.45) is 5.92 Å². The van der Waals surface area contributed by atoms with Gasteiger partial charge in [-0.15, -0.1) is 0 Å². The van der Waals surface area contributed by atoms with Crippen molar-refractivity contribution in [1.82, 2.24) is 15.0 Å². The van der Waals surface area contributed by atoms with Crippen molar-refractivity contribution in [2.75, 3.05) is 13.1 Å². The van der Waals surface area contributed by atoms with Crippen LogP contribution in [0.25, 0.3) is 11.4 Å². The SMILES string of the molecule is CC1CCN(Cc2nc(-c3ccc(C(C)C)cc3)no2)CC1. The molecule has 1 aromatic carbocycles. The Kier molecular flexibility index (Phi) is 4.57. The summed E-state index contributed by atoms with van der Waals surface area (Å²) < 4.78 is 5.42. The van der Waals surface area contributed by atoms with E-state index in [4.69, 9.17) is 4.52 Å². The van der Waals surface area contributed by atoms with Crippen LogP contribution in [0.1, 0.15) is 51.0 Å². The molecular formula is C18H25N3O. The van der Waals surface area contributed by atoms with Gasteiger partial charge in [-0.3, -0.25) is 4.90 Å². The molecule has 22 heavy (non-hydrogen) atoms. The molecule has 1 aliphatic heterocycles. The van der Waals surface area contributed by atoms with Crippen LogP contribution in [0.3, 0.4) is 0 Å². The third kappa shape index (κ3) is 3.55. The first kappa shape index (κ1) is 15.2. The lowest BCUT2D eigenvalue weighted by Crippen LogP contribution is -2.32. The average Bonchev–Trinajstić information content (AvgIpc) is 2.98. The van der Waals surface area contributed by atoms with E-state index >= 15 is 0 Å². The zero-order valence-electron chi connectivity index (χ0n) is 13.7. The van der Waals surface area contributed by atoms with Crippen molar-refractivity contribution < 1.29 is 4.52 Å². The van der Waals surface area contributed by atoms with E-state index in [0.717, 1.165) is 37.0 Å². The molecule has 0 amide bonds. The zero-order chi connectivity index (χ0) is 15.5. The maximum absolute atomic E-state index is 5.42. The molecule has 0 bridgehead atoms. The van der Waals surface area contributed by atoms with E-state index in [-0.39, 0.29) is 0 Å². The smallest absolute Gasteiger partial charge is 0.241 e. The van der Waals surface area contributed by atoms with Gasteiger partial charge in [-0.05, 0) is 43.3 Å². The highest BCUT2D eigenvalue weighted by Crippen LogP contribution is 2.22. The van der Waals surface area contributed by atoms with E-state index in [9.17, 15) is 0 Å². The van der Waals surface area contributed by atoms with Crippen molar-refractivity contribution in [3.8, 4) is 11.4 Å². The third-order valence-corrected chi connectivity index (χ3v) is 4.54. The molecule has 0 spiro atoms. The summed E-state index contributed by atoms with van der Waals surface area (Å²) in [5, 5.41) is 4.13. The Labute approximate surface area is 132 Å². The molecule has 2 heterocycles.